The smallest absolute Gasteiger partial charge is 0.159 e. The third kappa shape index (κ3) is 6.42. The number of rotatable bonds is 7. The molecular formula is C17H19ClN2O2S. The number of amidine groups is 1. The van der Waals surface area contributed by atoms with E-state index in [-0.39, 0.29) is 0 Å². The first-order valence-corrected chi connectivity index (χ1v) is 8.62. The van der Waals surface area contributed by atoms with Crippen molar-refractivity contribution in [1.82, 2.24) is 0 Å². The molecule has 0 fully saturated rings. The van der Waals surface area contributed by atoms with E-state index in [4.69, 9.17) is 26.8 Å². The molecule has 0 aliphatic rings. The molecule has 23 heavy (non-hydrogen) atoms. The van der Waals surface area contributed by atoms with Gasteiger partial charge in [-0.05, 0) is 55.5 Å². The Bertz CT molecular complexity index is 630. The number of thioether (sulfide) groups is 1. The van der Waals surface area contributed by atoms with Crippen LogP contribution in [0.15, 0.2) is 53.5 Å². The Hall–Kier alpha value is -1.85. The molecule has 2 aromatic carbocycles. The molecule has 0 aromatic heterocycles. The molecule has 2 aromatic rings. The number of hydrogen-bond acceptors (Lipinski definition) is 4. The Morgan fingerprint density at radius 3 is 2.26 bits per heavy atom. The molecule has 122 valence electrons. The highest BCUT2D eigenvalue weighted by molar-refractivity contribution is 8.13. The standard InChI is InChI=1S/C17H19ClN2O2S/c1-2-21-15-7-9-16(10-8-15)22-11-12-23-17(19)20-14-5-3-13(18)4-6-14/h3-10H,2,11-12H2,1H3,(H2,19,20). The van der Waals surface area contributed by atoms with Crippen LogP contribution in [0.5, 0.6) is 11.5 Å². The van der Waals surface area contributed by atoms with Crippen LogP contribution in [0.25, 0.3) is 0 Å². The molecule has 0 bridgehead atoms. The lowest BCUT2D eigenvalue weighted by molar-refractivity contribution is 0.332. The van der Waals surface area contributed by atoms with Gasteiger partial charge in [-0.25, -0.2) is 4.99 Å². The lowest BCUT2D eigenvalue weighted by Gasteiger charge is -2.07. The van der Waals surface area contributed by atoms with Gasteiger partial charge in [-0.3, -0.25) is 0 Å². The number of nitrogens with two attached hydrogens (primary N) is 1. The van der Waals surface area contributed by atoms with Crippen molar-refractivity contribution in [1.29, 1.82) is 0 Å². The van der Waals surface area contributed by atoms with Crippen molar-refractivity contribution in [2.24, 2.45) is 10.7 Å². The van der Waals surface area contributed by atoms with E-state index < -0.39 is 0 Å². The maximum absolute atomic E-state index is 5.88. The Labute approximate surface area is 145 Å². The van der Waals surface area contributed by atoms with E-state index in [9.17, 15) is 0 Å². The minimum absolute atomic E-state index is 0.502. The van der Waals surface area contributed by atoms with Crippen LogP contribution >= 0.6 is 23.4 Å². The second-order valence-corrected chi connectivity index (χ2v) is 6.08. The van der Waals surface area contributed by atoms with Gasteiger partial charge in [0.05, 0.1) is 18.9 Å². The maximum atomic E-state index is 5.88. The zero-order valence-corrected chi connectivity index (χ0v) is 14.4. The summed E-state index contributed by atoms with van der Waals surface area (Å²) < 4.78 is 11.0. The van der Waals surface area contributed by atoms with E-state index in [0.717, 1.165) is 22.9 Å². The SMILES string of the molecule is CCOc1ccc(OCCSC(N)=Nc2ccc(Cl)cc2)cc1. The third-order valence-corrected chi connectivity index (χ3v) is 3.81. The summed E-state index contributed by atoms with van der Waals surface area (Å²) in [7, 11) is 0. The molecule has 0 heterocycles. The second-order valence-electron chi connectivity index (χ2n) is 4.53. The molecule has 0 saturated heterocycles. The van der Waals surface area contributed by atoms with Crippen molar-refractivity contribution >= 4 is 34.2 Å². The van der Waals surface area contributed by atoms with Crippen LogP contribution in [0.3, 0.4) is 0 Å². The summed E-state index contributed by atoms with van der Waals surface area (Å²) in [5.41, 5.74) is 6.67. The summed E-state index contributed by atoms with van der Waals surface area (Å²) in [4.78, 5) is 4.30. The van der Waals surface area contributed by atoms with Gasteiger partial charge in [-0.1, -0.05) is 23.4 Å². The molecule has 0 aliphatic heterocycles. The number of hydrogen-bond donors (Lipinski definition) is 1. The minimum atomic E-state index is 0.502. The number of nitrogens with zero attached hydrogens (tertiary/aromatic N) is 1. The van der Waals surface area contributed by atoms with Gasteiger partial charge in [-0.15, -0.1) is 0 Å². The van der Waals surface area contributed by atoms with E-state index >= 15 is 0 Å². The van der Waals surface area contributed by atoms with Crippen molar-refractivity contribution < 1.29 is 9.47 Å². The lowest BCUT2D eigenvalue weighted by atomic mass is 10.3. The summed E-state index contributed by atoms with van der Waals surface area (Å²) in [6.45, 7) is 3.16. The van der Waals surface area contributed by atoms with Crippen molar-refractivity contribution in [2.45, 2.75) is 6.92 Å². The molecule has 0 amide bonds. The molecule has 0 atom stereocenters. The van der Waals surface area contributed by atoms with Crippen molar-refractivity contribution in [3.8, 4) is 11.5 Å². The van der Waals surface area contributed by atoms with Gasteiger partial charge >= 0.3 is 0 Å². The van der Waals surface area contributed by atoms with Gasteiger partial charge in [0.2, 0.25) is 0 Å². The van der Waals surface area contributed by atoms with Crippen LogP contribution in [0.4, 0.5) is 5.69 Å². The highest BCUT2D eigenvalue weighted by Gasteiger charge is 1.99. The third-order valence-electron chi connectivity index (χ3n) is 2.80. The fraction of sp³-hybridized carbons (Fsp3) is 0.235. The van der Waals surface area contributed by atoms with Crippen LogP contribution in [0.2, 0.25) is 5.02 Å². The van der Waals surface area contributed by atoms with Gasteiger partial charge in [0.25, 0.3) is 0 Å². The topological polar surface area (TPSA) is 56.8 Å². The Kier molecular flexibility index (Phi) is 7.10. The van der Waals surface area contributed by atoms with Crippen LogP contribution in [-0.4, -0.2) is 24.1 Å². The van der Waals surface area contributed by atoms with Crippen molar-refractivity contribution in [2.75, 3.05) is 19.0 Å². The highest BCUT2D eigenvalue weighted by Crippen LogP contribution is 2.19. The van der Waals surface area contributed by atoms with Gasteiger partial charge in [-0.2, -0.15) is 0 Å². The average Bonchev–Trinajstić information content (AvgIpc) is 2.55. The fourth-order valence-electron chi connectivity index (χ4n) is 1.78. The molecule has 0 aliphatic carbocycles. The quantitative estimate of drug-likeness (QED) is 0.454. The number of benzene rings is 2. The van der Waals surface area contributed by atoms with E-state index in [1.165, 1.54) is 11.8 Å². The Morgan fingerprint density at radius 1 is 1.04 bits per heavy atom. The molecule has 2 rings (SSSR count). The summed E-state index contributed by atoms with van der Waals surface area (Å²) in [6.07, 6.45) is 0. The van der Waals surface area contributed by atoms with Crippen LogP contribution in [-0.2, 0) is 0 Å². The molecular weight excluding hydrogens is 332 g/mol. The van der Waals surface area contributed by atoms with Gasteiger partial charge in [0.1, 0.15) is 11.5 Å². The number of halogens is 1. The predicted molar refractivity (Wildman–Crippen MR) is 98.3 cm³/mol. The first-order chi connectivity index (χ1) is 11.2. The van der Waals surface area contributed by atoms with Crippen LogP contribution < -0.4 is 15.2 Å². The molecule has 0 spiro atoms. The monoisotopic (exact) mass is 350 g/mol. The Morgan fingerprint density at radius 2 is 1.65 bits per heavy atom. The fourth-order valence-corrected chi connectivity index (χ4v) is 2.45. The average molecular weight is 351 g/mol. The van der Waals surface area contributed by atoms with E-state index in [2.05, 4.69) is 4.99 Å². The molecule has 6 heteroatoms. The highest BCUT2D eigenvalue weighted by atomic mass is 35.5. The van der Waals surface area contributed by atoms with E-state index in [1.807, 2.05) is 43.3 Å². The van der Waals surface area contributed by atoms with Crippen molar-refractivity contribution in [3.63, 3.8) is 0 Å². The maximum Gasteiger partial charge on any atom is 0.159 e. The minimum Gasteiger partial charge on any atom is -0.494 e. The first-order valence-electron chi connectivity index (χ1n) is 7.25. The first kappa shape index (κ1) is 17.5. The lowest BCUT2D eigenvalue weighted by Crippen LogP contribution is -2.10. The zero-order valence-electron chi connectivity index (χ0n) is 12.9. The Balaban J connectivity index is 1.73. The van der Waals surface area contributed by atoms with Gasteiger partial charge < -0.3 is 15.2 Å². The van der Waals surface area contributed by atoms with E-state index in [1.54, 1.807) is 12.1 Å². The largest absolute Gasteiger partial charge is 0.494 e. The predicted octanol–water partition coefficient (Wildman–Crippen LogP) is 4.50. The molecule has 0 saturated carbocycles. The van der Waals surface area contributed by atoms with Crippen LogP contribution in [0.1, 0.15) is 6.92 Å². The normalized spacial score (nSPS) is 11.3. The summed E-state index contributed by atoms with van der Waals surface area (Å²) in [5.74, 6) is 2.37. The second kappa shape index (κ2) is 9.33. The van der Waals surface area contributed by atoms with Gasteiger partial charge in [0, 0.05) is 10.8 Å². The number of aliphatic imine (C=N–C) groups is 1. The molecule has 4 nitrogen and oxygen atoms in total. The van der Waals surface area contributed by atoms with Gasteiger partial charge in [0.15, 0.2) is 5.17 Å². The van der Waals surface area contributed by atoms with Crippen LogP contribution in [0, 0.1) is 0 Å². The van der Waals surface area contributed by atoms with Crippen molar-refractivity contribution in [3.05, 3.63) is 53.6 Å². The number of ether oxygens (including phenoxy) is 2. The molecule has 0 radical (unpaired) electrons. The zero-order chi connectivity index (χ0) is 16.5. The summed E-state index contributed by atoms with van der Waals surface area (Å²) in [5, 5.41) is 1.18. The molecule has 0 unspecified atom stereocenters. The van der Waals surface area contributed by atoms with E-state index in [0.29, 0.717) is 23.4 Å². The summed E-state index contributed by atoms with van der Waals surface area (Å²) >= 11 is 7.28. The molecule has 2 N–H and O–H groups in total. The summed E-state index contributed by atoms with van der Waals surface area (Å²) in [6, 6.07) is 14.8.